The van der Waals surface area contributed by atoms with Gasteiger partial charge in [0, 0.05) is 55.4 Å². The average Bonchev–Trinajstić information content (AvgIpc) is 3.44. The molecule has 32 heavy (non-hydrogen) atoms. The van der Waals surface area contributed by atoms with Crippen molar-refractivity contribution in [2.75, 3.05) is 32.4 Å². The van der Waals surface area contributed by atoms with E-state index in [1.165, 1.54) is 6.33 Å². The highest BCUT2D eigenvalue weighted by molar-refractivity contribution is 7.93. The molecule has 3 aromatic rings. The largest absolute Gasteiger partial charge is 0.324 e. The number of aromatic nitrogens is 3. The third kappa shape index (κ3) is 3.10. The number of urea groups is 1. The normalized spacial score (nSPS) is 24.5. The Hall–Kier alpha value is -3.20. The minimum atomic E-state index is -2.45. The maximum atomic E-state index is 13.1. The lowest BCUT2D eigenvalue weighted by atomic mass is 9.89. The fourth-order valence-electron chi connectivity index (χ4n) is 4.98. The molecule has 2 aromatic carbocycles. The van der Waals surface area contributed by atoms with Crippen molar-refractivity contribution in [2.45, 2.75) is 23.2 Å². The van der Waals surface area contributed by atoms with Crippen LogP contribution in [0.2, 0.25) is 0 Å². The summed E-state index contributed by atoms with van der Waals surface area (Å²) in [6, 6.07) is 14.1. The van der Waals surface area contributed by atoms with Crippen LogP contribution in [0.4, 0.5) is 10.5 Å². The Morgan fingerprint density at radius 3 is 2.69 bits per heavy atom. The summed E-state index contributed by atoms with van der Waals surface area (Å²) in [6.07, 6.45) is 4.12. The predicted octanol–water partition coefficient (Wildman–Crippen LogP) is 3.58. The molecular formula is C23H24N6O2S. The number of nitrogens with zero attached hydrogens (tertiary/aromatic N) is 5. The van der Waals surface area contributed by atoms with Crippen LogP contribution in [0.1, 0.15) is 29.6 Å². The first-order valence-corrected chi connectivity index (χ1v) is 12.8. The molecule has 0 radical (unpaired) electrons. The van der Waals surface area contributed by atoms with Crippen molar-refractivity contribution in [1.29, 1.82) is 0 Å². The zero-order chi connectivity index (χ0) is 21.9. The van der Waals surface area contributed by atoms with Crippen LogP contribution in [-0.2, 0) is 9.73 Å². The SMILES string of the molecule is C[S@]1(=O)=Nc2cc(C3CN(C(=O)N4CC[C@H](c5ncn[nH]5)C4)C3)ccc2-c2ccccc21. The van der Waals surface area contributed by atoms with Crippen molar-refractivity contribution in [1.82, 2.24) is 25.0 Å². The zero-order valence-corrected chi connectivity index (χ0v) is 18.6. The van der Waals surface area contributed by atoms with Gasteiger partial charge in [0.05, 0.1) is 20.3 Å². The minimum absolute atomic E-state index is 0.0939. The van der Waals surface area contributed by atoms with E-state index >= 15 is 0 Å². The van der Waals surface area contributed by atoms with Gasteiger partial charge in [-0.25, -0.2) is 14.0 Å². The lowest BCUT2D eigenvalue weighted by Gasteiger charge is -2.41. The summed E-state index contributed by atoms with van der Waals surface area (Å²) in [5, 5.41) is 6.84. The first kappa shape index (κ1) is 19.5. The fraction of sp³-hybridized carbons (Fsp3) is 0.348. The third-order valence-corrected chi connectivity index (χ3v) is 8.50. The summed E-state index contributed by atoms with van der Waals surface area (Å²) in [5.41, 5.74) is 3.95. The monoisotopic (exact) mass is 448 g/mol. The number of fused-ring (bicyclic) bond motifs is 3. The number of carbonyl (C=O) groups is 1. The van der Waals surface area contributed by atoms with E-state index in [1.807, 2.05) is 34.1 Å². The number of carbonyl (C=O) groups excluding carboxylic acids is 1. The maximum absolute atomic E-state index is 13.1. The van der Waals surface area contributed by atoms with Crippen LogP contribution in [0, 0.1) is 0 Å². The van der Waals surface area contributed by atoms with E-state index in [1.54, 1.807) is 6.26 Å². The van der Waals surface area contributed by atoms with Gasteiger partial charge in [0.15, 0.2) is 0 Å². The van der Waals surface area contributed by atoms with Gasteiger partial charge >= 0.3 is 6.03 Å². The summed E-state index contributed by atoms with van der Waals surface area (Å²) in [5.74, 6) is 1.36. The van der Waals surface area contributed by atoms with Gasteiger partial charge in [-0.15, -0.1) is 0 Å². The molecule has 8 nitrogen and oxygen atoms in total. The van der Waals surface area contributed by atoms with Crippen LogP contribution >= 0.6 is 0 Å². The second-order valence-corrected chi connectivity index (χ2v) is 11.1. The number of amides is 2. The quantitative estimate of drug-likeness (QED) is 0.648. The molecular weight excluding hydrogens is 424 g/mol. The van der Waals surface area contributed by atoms with Crippen LogP contribution in [0.25, 0.3) is 11.1 Å². The van der Waals surface area contributed by atoms with E-state index in [0.717, 1.165) is 46.1 Å². The van der Waals surface area contributed by atoms with Crippen LogP contribution in [-0.4, -0.2) is 67.7 Å². The molecule has 0 aliphatic carbocycles. The van der Waals surface area contributed by atoms with Crippen molar-refractivity contribution in [2.24, 2.45) is 4.36 Å². The molecule has 9 heteroatoms. The average molecular weight is 449 g/mol. The van der Waals surface area contributed by atoms with Gasteiger partial charge in [0.1, 0.15) is 12.2 Å². The second kappa shape index (κ2) is 7.16. The number of nitrogens with one attached hydrogen (secondary N) is 1. The van der Waals surface area contributed by atoms with E-state index in [2.05, 4.69) is 37.7 Å². The number of hydrogen-bond donors (Lipinski definition) is 1. The molecule has 2 fully saturated rings. The highest BCUT2D eigenvalue weighted by Crippen LogP contribution is 2.43. The highest BCUT2D eigenvalue weighted by Gasteiger charge is 2.38. The van der Waals surface area contributed by atoms with Crippen molar-refractivity contribution >= 4 is 21.4 Å². The van der Waals surface area contributed by atoms with Gasteiger partial charge in [-0.2, -0.15) is 9.46 Å². The molecule has 1 aromatic heterocycles. The molecule has 4 heterocycles. The molecule has 2 atom stereocenters. The lowest BCUT2D eigenvalue weighted by Crippen LogP contribution is -2.53. The minimum Gasteiger partial charge on any atom is -0.324 e. The van der Waals surface area contributed by atoms with Crippen molar-refractivity contribution in [3.8, 4) is 11.1 Å². The second-order valence-electron chi connectivity index (χ2n) is 8.85. The topological polar surface area (TPSA) is 94.6 Å². The molecule has 1 N–H and O–H groups in total. The maximum Gasteiger partial charge on any atom is 0.320 e. The Morgan fingerprint density at radius 1 is 1.06 bits per heavy atom. The van der Waals surface area contributed by atoms with Gasteiger partial charge in [-0.3, -0.25) is 5.10 Å². The molecule has 2 amide bonds. The standard InChI is InChI=1S/C23H24N6O2S/c1-32(31)21-5-3-2-4-19(21)18-7-6-15(10-20(18)27-32)17-12-29(13-17)23(30)28-9-8-16(11-28)22-24-14-25-26-22/h2-7,10,14,16-17H,8-9,11-13H2,1H3,(H,24,25,26)/t16-,32+/m0/s1. The first-order valence-electron chi connectivity index (χ1n) is 10.8. The Labute approximate surface area is 186 Å². The van der Waals surface area contributed by atoms with Crippen LogP contribution in [0.3, 0.4) is 0 Å². The van der Waals surface area contributed by atoms with E-state index < -0.39 is 9.73 Å². The number of likely N-dealkylation sites (tertiary alicyclic amines) is 2. The van der Waals surface area contributed by atoms with Crippen molar-refractivity contribution in [3.05, 3.63) is 60.2 Å². The molecule has 3 aliphatic rings. The summed E-state index contributed by atoms with van der Waals surface area (Å²) in [6.45, 7) is 2.81. The Morgan fingerprint density at radius 2 is 1.88 bits per heavy atom. The zero-order valence-electron chi connectivity index (χ0n) is 17.8. The predicted molar refractivity (Wildman–Crippen MR) is 121 cm³/mol. The van der Waals surface area contributed by atoms with Crippen LogP contribution < -0.4 is 0 Å². The van der Waals surface area contributed by atoms with Gasteiger partial charge in [0.2, 0.25) is 0 Å². The summed E-state index contributed by atoms with van der Waals surface area (Å²) >= 11 is 0. The van der Waals surface area contributed by atoms with E-state index in [0.29, 0.717) is 19.6 Å². The molecule has 6 rings (SSSR count). The van der Waals surface area contributed by atoms with Gasteiger partial charge < -0.3 is 9.80 Å². The van der Waals surface area contributed by atoms with E-state index in [-0.39, 0.29) is 17.9 Å². The number of H-pyrrole nitrogens is 1. The molecule has 2 saturated heterocycles. The van der Waals surface area contributed by atoms with Gasteiger partial charge in [0.25, 0.3) is 0 Å². The molecule has 3 aliphatic heterocycles. The molecule has 0 bridgehead atoms. The molecule has 0 saturated carbocycles. The number of rotatable bonds is 2. The van der Waals surface area contributed by atoms with Crippen LogP contribution in [0.15, 0.2) is 58.1 Å². The van der Waals surface area contributed by atoms with E-state index in [4.69, 9.17) is 0 Å². The van der Waals surface area contributed by atoms with Crippen molar-refractivity contribution < 1.29 is 9.00 Å². The number of aromatic amines is 1. The van der Waals surface area contributed by atoms with Crippen LogP contribution in [0.5, 0.6) is 0 Å². The third-order valence-electron chi connectivity index (χ3n) is 6.78. The first-order chi connectivity index (χ1) is 15.5. The van der Waals surface area contributed by atoms with Gasteiger partial charge in [-0.05, 0) is 24.1 Å². The molecule has 0 spiro atoms. The number of benzene rings is 2. The summed E-state index contributed by atoms with van der Waals surface area (Å²) < 4.78 is 17.7. The Balaban J connectivity index is 1.16. The van der Waals surface area contributed by atoms with Crippen molar-refractivity contribution in [3.63, 3.8) is 0 Å². The Bertz CT molecular complexity index is 1320. The highest BCUT2D eigenvalue weighted by atomic mass is 32.2. The van der Waals surface area contributed by atoms with E-state index in [9.17, 15) is 9.00 Å². The molecule has 164 valence electrons. The lowest BCUT2D eigenvalue weighted by molar-refractivity contribution is 0.121. The smallest absolute Gasteiger partial charge is 0.320 e. The fourth-order valence-corrected chi connectivity index (χ4v) is 6.52. The number of hydrogen-bond acceptors (Lipinski definition) is 5. The Kier molecular flexibility index (Phi) is 4.36. The summed E-state index contributed by atoms with van der Waals surface area (Å²) in [7, 11) is -2.45. The summed E-state index contributed by atoms with van der Waals surface area (Å²) in [4.78, 5) is 21.8. The molecule has 0 unspecified atom stereocenters. The van der Waals surface area contributed by atoms with Gasteiger partial charge in [-0.1, -0.05) is 30.3 Å².